The fraction of sp³-hybridized carbons (Fsp3) is 0.500. The van der Waals surface area contributed by atoms with E-state index in [1.165, 1.54) is 0 Å². The molecule has 46 valence electrons. The molecule has 0 rings (SSSR count). The van der Waals surface area contributed by atoms with Gasteiger partial charge in [0.25, 0.3) is 0 Å². The first-order valence-electron chi connectivity index (χ1n) is 2.52. The van der Waals surface area contributed by atoms with Gasteiger partial charge in [-0.2, -0.15) is 0 Å². The Morgan fingerprint density at radius 2 is 2.38 bits per heavy atom. The minimum atomic E-state index is 0.246. The second-order valence-corrected chi connectivity index (χ2v) is 2.13. The minimum absolute atomic E-state index is 0.246. The highest BCUT2D eigenvalue weighted by Gasteiger charge is 1.86. The summed E-state index contributed by atoms with van der Waals surface area (Å²) in [4.78, 5) is 12.0. The summed E-state index contributed by atoms with van der Waals surface area (Å²) in [5.74, 6) is 0.246. The zero-order valence-electron chi connectivity index (χ0n) is 4.86. The van der Waals surface area contributed by atoms with Crippen LogP contribution in [0.5, 0.6) is 0 Å². The Kier molecular flexibility index (Phi) is 4.97. The molecule has 0 radical (unpaired) electrons. The number of carbonyl (C=O) groups is 1. The van der Waals surface area contributed by atoms with Gasteiger partial charge < -0.3 is 4.79 Å². The molecule has 0 N–H and O–H groups in total. The van der Waals surface area contributed by atoms with Crippen molar-refractivity contribution in [2.24, 2.45) is 0 Å². The van der Waals surface area contributed by atoms with Crippen LogP contribution in [0.1, 0.15) is 19.8 Å². The Hall–Kier alpha value is -0.110. The van der Waals surface area contributed by atoms with E-state index in [4.69, 9.17) is 0 Å². The summed E-state index contributed by atoms with van der Waals surface area (Å²) in [6.45, 7) is 1.60. The molecule has 0 bridgehead atoms. The van der Waals surface area contributed by atoms with Crippen LogP contribution in [0, 0.1) is 0 Å². The standard InChI is InChI=1S/C6H9BrO/c1-6(8)4-2-3-5-7/h3,5H,2,4H2,1H3/b5-3-. The normalized spacial score (nSPS) is 10.2. The fourth-order valence-corrected chi connectivity index (χ4v) is 0.614. The topological polar surface area (TPSA) is 17.1 Å². The zero-order valence-corrected chi connectivity index (χ0v) is 6.44. The molecule has 0 unspecified atom stereocenters. The highest BCUT2D eigenvalue weighted by atomic mass is 79.9. The predicted molar refractivity (Wildman–Crippen MR) is 38.0 cm³/mol. The van der Waals surface area contributed by atoms with E-state index < -0.39 is 0 Å². The fourth-order valence-electron chi connectivity index (χ4n) is 0.350. The summed E-state index contributed by atoms with van der Waals surface area (Å²) in [7, 11) is 0. The summed E-state index contributed by atoms with van der Waals surface area (Å²) in [5.41, 5.74) is 0. The monoisotopic (exact) mass is 176 g/mol. The highest BCUT2D eigenvalue weighted by molar-refractivity contribution is 9.11. The molecule has 0 aromatic rings. The second kappa shape index (κ2) is 5.04. The van der Waals surface area contributed by atoms with Crippen molar-refractivity contribution >= 4 is 21.7 Å². The Morgan fingerprint density at radius 1 is 1.75 bits per heavy atom. The van der Waals surface area contributed by atoms with Crippen molar-refractivity contribution in [1.29, 1.82) is 0 Å². The van der Waals surface area contributed by atoms with E-state index in [0.29, 0.717) is 6.42 Å². The van der Waals surface area contributed by atoms with Gasteiger partial charge in [-0.05, 0) is 18.3 Å². The molecule has 0 aromatic heterocycles. The maximum Gasteiger partial charge on any atom is 0.130 e. The lowest BCUT2D eigenvalue weighted by atomic mass is 10.2. The van der Waals surface area contributed by atoms with Crippen molar-refractivity contribution in [3.63, 3.8) is 0 Å². The van der Waals surface area contributed by atoms with E-state index in [1.54, 1.807) is 11.9 Å². The number of rotatable bonds is 3. The van der Waals surface area contributed by atoms with E-state index in [9.17, 15) is 4.79 Å². The summed E-state index contributed by atoms with van der Waals surface area (Å²) < 4.78 is 0. The molecule has 2 heteroatoms. The average molecular weight is 177 g/mol. The van der Waals surface area contributed by atoms with Crippen LogP contribution in [-0.2, 0) is 4.79 Å². The molecule has 0 saturated carbocycles. The van der Waals surface area contributed by atoms with Crippen LogP contribution in [0.4, 0.5) is 0 Å². The third kappa shape index (κ3) is 5.89. The van der Waals surface area contributed by atoms with Crippen LogP contribution in [0.3, 0.4) is 0 Å². The van der Waals surface area contributed by atoms with Gasteiger partial charge >= 0.3 is 0 Å². The SMILES string of the molecule is CC(=O)CC/C=C\Br. The number of halogens is 1. The van der Waals surface area contributed by atoms with Crippen molar-refractivity contribution in [2.75, 3.05) is 0 Å². The van der Waals surface area contributed by atoms with Gasteiger partial charge in [0.15, 0.2) is 0 Å². The molecule has 0 saturated heterocycles. The van der Waals surface area contributed by atoms with Gasteiger partial charge in [-0.25, -0.2) is 0 Å². The lowest BCUT2D eigenvalue weighted by molar-refractivity contribution is -0.116. The van der Waals surface area contributed by atoms with Crippen molar-refractivity contribution in [3.05, 3.63) is 11.1 Å². The van der Waals surface area contributed by atoms with Gasteiger partial charge in [0.2, 0.25) is 0 Å². The summed E-state index contributed by atoms with van der Waals surface area (Å²) in [6, 6.07) is 0. The molecule has 0 fully saturated rings. The lowest BCUT2D eigenvalue weighted by Gasteiger charge is -1.84. The molecule has 0 aliphatic rings. The summed E-state index contributed by atoms with van der Waals surface area (Å²) in [5, 5.41) is 0. The Balaban J connectivity index is 3.05. The van der Waals surface area contributed by atoms with Gasteiger partial charge in [-0.1, -0.05) is 22.0 Å². The molecule has 8 heavy (non-hydrogen) atoms. The largest absolute Gasteiger partial charge is 0.300 e. The van der Waals surface area contributed by atoms with Crippen LogP contribution in [0.25, 0.3) is 0 Å². The smallest absolute Gasteiger partial charge is 0.130 e. The summed E-state index contributed by atoms with van der Waals surface area (Å²) >= 11 is 3.11. The second-order valence-electron chi connectivity index (χ2n) is 1.60. The van der Waals surface area contributed by atoms with Gasteiger partial charge in [0.05, 0.1) is 0 Å². The lowest BCUT2D eigenvalue weighted by Crippen LogP contribution is -1.85. The van der Waals surface area contributed by atoms with E-state index in [1.807, 2.05) is 6.08 Å². The first kappa shape index (κ1) is 7.89. The van der Waals surface area contributed by atoms with Gasteiger partial charge in [-0.15, -0.1) is 0 Å². The number of hydrogen-bond acceptors (Lipinski definition) is 1. The van der Waals surface area contributed by atoms with Crippen LogP contribution in [0.15, 0.2) is 11.1 Å². The minimum Gasteiger partial charge on any atom is -0.300 e. The zero-order chi connectivity index (χ0) is 6.41. The molecule has 0 aromatic carbocycles. The Labute approximate surface area is 57.9 Å². The first-order chi connectivity index (χ1) is 3.77. The number of allylic oxidation sites excluding steroid dienone is 1. The first-order valence-corrected chi connectivity index (χ1v) is 3.43. The quantitative estimate of drug-likeness (QED) is 0.646. The van der Waals surface area contributed by atoms with E-state index in [-0.39, 0.29) is 5.78 Å². The van der Waals surface area contributed by atoms with E-state index in [2.05, 4.69) is 15.9 Å². The average Bonchev–Trinajstić information content (AvgIpc) is 1.66. The van der Waals surface area contributed by atoms with Crippen molar-refractivity contribution in [3.8, 4) is 0 Å². The summed E-state index contributed by atoms with van der Waals surface area (Å²) in [6.07, 6.45) is 3.42. The molecule has 0 aliphatic carbocycles. The molecule has 0 spiro atoms. The number of ketones is 1. The van der Waals surface area contributed by atoms with E-state index in [0.717, 1.165) is 6.42 Å². The van der Waals surface area contributed by atoms with Crippen LogP contribution >= 0.6 is 15.9 Å². The number of carbonyl (C=O) groups excluding carboxylic acids is 1. The molecular formula is C6H9BrO. The third-order valence-electron chi connectivity index (χ3n) is 0.752. The Morgan fingerprint density at radius 3 is 2.75 bits per heavy atom. The van der Waals surface area contributed by atoms with Crippen molar-refractivity contribution in [1.82, 2.24) is 0 Å². The molecule has 0 heterocycles. The van der Waals surface area contributed by atoms with E-state index >= 15 is 0 Å². The Bertz CT molecular complexity index is 96.7. The number of hydrogen-bond donors (Lipinski definition) is 0. The van der Waals surface area contributed by atoms with Crippen LogP contribution in [0.2, 0.25) is 0 Å². The van der Waals surface area contributed by atoms with Crippen LogP contribution < -0.4 is 0 Å². The van der Waals surface area contributed by atoms with Crippen molar-refractivity contribution < 1.29 is 4.79 Å². The molecule has 0 aliphatic heterocycles. The maximum absolute atomic E-state index is 10.3. The number of Topliss-reactive ketones (excluding diaryl/α,β-unsaturated/α-hetero) is 1. The van der Waals surface area contributed by atoms with Gasteiger partial charge in [-0.3, -0.25) is 0 Å². The molecule has 0 atom stereocenters. The molecule has 0 amide bonds. The molecule has 1 nitrogen and oxygen atoms in total. The van der Waals surface area contributed by atoms with Gasteiger partial charge in [0, 0.05) is 6.42 Å². The third-order valence-corrected chi connectivity index (χ3v) is 1.13. The van der Waals surface area contributed by atoms with Crippen LogP contribution in [-0.4, -0.2) is 5.78 Å². The van der Waals surface area contributed by atoms with Crippen molar-refractivity contribution in [2.45, 2.75) is 19.8 Å². The highest BCUT2D eigenvalue weighted by Crippen LogP contribution is 1.93. The maximum atomic E-state index is 10.3. The molecular weight excluding hydrogens is 168 g/mol. The predicted octanol–water partition coefficient (Wildman–Crippen LogP) is 2.26. The van der Waals surface area contributed by atoms with Gasteiger partial charge in [0.1, 0.15) is 5.78 Å².